The maximum Gasteiger partial charge on any atom is 0.328 e. The van der Waals surface area contributed by atoms with Gasteiger partial charge in [-0.2, -0.15) is 5.10 Å². The van der Waals surface area contributed by atoms with Gasteiger partial charge in [0.05, 0.1) is 12.0 Å². The van der Waals surface area contributed by atoms with E-state index < -0.39 is 12.0 Å². The van der Waals surface area contributed by atoms with Crippen molar-refractivity contribution in [2.45, 2.75) is 19.9 Å². The molecule has 96 valence electrons. The molecule has 6 nitrogen and oxygen atoms in total. The van der Waals surface area contributed by atoms with Crippen molar-refractivity contribution in [3.63, 3.8) is 0 Å². The number of halogens is 1. The summed E-state index contributed by atoms with van der Waals surface area (Å²) in [4.78, 5) is 15.0. The molecule has 0 aromatic carbocycles. The van der Waals surface area contributed by atoms with Gasteiger partial charge >= 0.3 is 5.97 Å². The van der Waals surface area contributed by atoms with Gasteiger partial charge in [0, 0.05) is 12.3 Å². The molecule has 1 unspecified atom stereocenters. The minimum Gasteiger partial charge on any atom is -0.480 e. The average molecular weight is 270 g/mol. The molecule has 0 aliphatic carbocycles. The van der Waals surface area contributed by atoms with Crippen LogP contribution in [0.3, 0.4) is 0 Å². The maximum absolute atomic E-state index is 10.9. The van der Waals surface area contributed by atoms with Gasteiger partial charge < -0.3 is 9.84 Å². The lowest BCUT2D eigenvalue weighted by atomic mass is 10.3. The molecule has 1 N–H and O–H groups in total. The summed E-state index contributed by atoms with van der Waals surface area (Å²) in [6.07, 6.45) is 1.60. The van der Waals surface area contributed by atoms with E-state index in [4.69, 9.17) is 21.4 Å². The number of hydrogen-bond acceptors (Lipinski definition) is 4. The second-order valence-electron chi connectivity index (χ2n) is 3.74. The van der Waals surface area contributed by atoms with E-state index in [2.05, 4.69) is 10.1 Å². The second kappa shape index (κ2) is 4.81. The van der Waals surface area contributed by atoms with Gasteiger partial charge in [0.25, 0.3) is 0 Å². The molecule has 0 radical (unpaired) electrons. The zero-order valence-corrected chi connectivity index (χ0v) is 10.7. The first-order valence-corrected chi connectivity index (χ1v) is 5.81. The van der Waals surface area contributed by atoms with E-state index in [0.717, 1.165) is 0 Å². The molecule has 2 heterocycles. The van der Waals surface area contributed by atoms with Crippen LogP contribution in [0.4, 0.5) is 0 Å². The van der Waals surface area contributed by atoms with Gasteiger partial charge in [0.15, 0.2) is 0 Å². The molecular formula is C11H12ClN3O3. The molecule has 1 atom stereocenters. The Morgan fingerprint density at radius 3 is 3.00 bits per heavy atom. The lowest BCUT2D eigenvalue weighted by Gasteiger charge is -2.04. The van der Waals surface area contributed by atoms with E-state index in [-0.39, 0.29) is 5.15 Å². The minimum atomic E-state index is -0.958. The van der Waals surface area contributed by atoms with Gasteiger partial charge in [-0.1, -0.05) is 11.6 Å². The van der Waals surface area contributed by atoms with E-state index in [9.17, 15) is 4.79 Å². The van der Waals surface area contributed by atoms with Crippen LogP contribution in [0.5, 0.6) is 5.88 Å². The van der Waals surface area contributed by atoms with Gasteiger partial charge in [0.1, 0.15) is 16.7 Å². The number of aromatic nitrogens is 3. The highest BCUT2D eigenvalue weighted by molar-refractivity contribution is 6.30. The first-order valence-electron chi connectivity index (χ1n) is 5.44. The third-order valence-corrected chi connectivity index (χ3v) is 2.68. The third kappa shape index (κ3) is 2.24. The predicted octanol–water partition coefficient (Wildman–Crippen LogP) is 2.13. The number of fused-ring (bicyclic) bond motifs is 1. The van der Waals surface area contributed by atoms with Gasteiger partial charge in [-0.25, -0.2) is 9.78 Å². The summed E-state index contributed by atoms with van der Waals surface area (Å²) >= 11 is 5.85. The highest BCUT2D eigenvalue weighted by Crippen LogP contribution is 2.26. The topological polar surface area (TPSA) is 77.2 Å². The van der Waals surface area contributed by atoms with Crippen LogP contribution in [0.2, 0.25) is 5.15 Å². The Labute approximate surface area is 108 Å². The third-order valence-electron chi connectivity index (χ3n) is 2.49. The Balaban J connectivity index is 2.56. The van der Waals surface area contributed by atoms with Crippen LogP contribution in [0.1, 0.15) is 19.9 Å². The fraction of sp³-hybridized carbons (Fsp3) is 0.364. The number of aliphatic carboxylic acids is 1. The molecule has 0 saturated carbocycles. The van der Waals surface area contributed by atoms with Gasteiger partial charge in [-0.3, -0.25) is 4.68 Å². The van der Waals surface area contributed by atoms with E-state index in [1.54, 1.807) is 19.2 Å². The molecule has 18 heavy (non-hydrogen) atoms. The fourth-order valence-corrected chi connectivity index (χ4v) is 1.72. The van der Waals surface area contributed by atoms with Crippen LogP contribution in [0.25, 0.3) is 10.9 Å². The monoisotopic (exact) mass is 269 g/mol. The van der Waals surface area contributed by atoms with Crippen LogP contribution >= 0.6 is 11.6 Å². The number of carbonyl (C=O) groups is 1. The summed E-state index contributed by atoms with van der Waals surface area (Å²) in [7, 11) is 0. The van der Waals surface area contributed by atoms with Crippen molar-refractivity contribution in [3.05, 3.63) is 17.4 Å². The molecule has 0 amide bonds. The van der Waals surface area contributed by atoms with Crippen molar-refractivity contribution in [2.75, 3.05) is 6.61 Å². The summed E-state index contributed by atoms with van der Waals surface area (Å²) in [5, 5.41) is 14.0. The van der Waals surface area contributed by atoms with E-state index in [1.165, 1.54) is 4.68 Å². The smallest absolute Gasteiger partial charge is 0.328 e. The zero-order chi connectivity index (χ0) is 13.3. The molecule has 2 aromatic rings. The van der Waals surface area contributed by atoms with Crippen LogP contribution < -0.4 is 4.74 Å². The standard InChI is InChI=1S/C11H12ClN3O3/c1-3-18-10-7-5-15(6(2)11(16)17)14-8(7)4-9(12)13-10/h4-6H,3H2,1-2H3,(H,16,17). The number of rotatable bonds is 4. The van der Waals surface area contributed by atoms with Crippen molar-refractivity contribution in [3.8, 4) is 5.88 Å². The lowest BCUT2D eigenvalue weighted by Crippen LogP contribution is -2.15. The molecule has 2 rings (SSSR count). The van der Waals surface area contributed by atoms with Crippen molar-refractivity contribution in [1.29, 1.82) is 0 Å². The number of pyridine rings is 1. The zero-order valence-electron chi connectivity index (χ0n) is 9.92. The molecule has 0 bridgehead atoms. The van der Waals surface area contributed by atoms with Crippen molar-refractivity contribution < 1.29 is 14.6 Å². The van der Waals surface area contributed by atoms with Crippen LogP contribution in [-0.4, -0.2) is 32.4 Å². The second-order valence-corrected chi connectivity index (χ2v) is 4.13. The van der Waals surface area contributed by atoms with Crippen LogP contribution in [-0.2, 0) is 4.79 Å². The Hall–Kier alpha value is -1.82. The summed E-state index contributed by atoms with van der Waals surface area (Å²) in [5.74, 6) is -0.594. The Morgan fingerprint density at radius 1 is 1.67 bits per heavy atom. The quantitative estimate of drug-likeness (QED) is 0.861. The minimum absolute atomic E-state index is 0.263. The molecule has 0 saturated heterocycles. The Bertz CT molecular complexity index is 596. The predicted molar refractivity (Wildman–Crippen MR) is 66.1 cm³/mol. The van der Waals surface area contributed by atoms with Gasteiger partial charge in [0.2, 0.25) is 5.88 Å². The highest BCUT2D eigenvalue weighted by Gasteiger charge is 2.17. The van der Waals surface area contributed by atoms with Gasteiger partial charge in [-0.05, 0) is 13.8 Å². The molecule has 0 aliphatic heterocycles. The summed E-state index contributed by atoms with van der Waals surface area (Å²) in [6.45, 7) is 3.82. The van der Waals surface area contributed by atoms with E-state index in [0.29, 0.717) is 23.4 Å². The first-order chi connectivity index (χ1) is 8.52. The van der Waals surface area contributed by atoms with Crippen molar-refractivity contribution in [1.82, 2.24) is 14.8 Å². The van der Waals surface area contributed by atoms with Crippen LogP contribution in [0.15, 0.2) is 12.3 Å². The normalized spacial score (nSPS) is 12.6. The fourth-order valence-electron chi connectivity index (χ4n) is 1.54. The van der Waals surface area contributed by atoms with Crippen molar-refractivity contribution >= 4 is 28.5 Å². The number of carboxylic acid groups (broad SMARTS) is 1. The van der Waals surface area contributed by atoms with E-state index >= 15 is 0 Å². The average Bonchev–Trinajstić information content (AvgIpc) is 2.71. The highest BCUT2D eigenvalue weighted by atomic mass is 35.5. The molecule has 0 aliphatic rings. The Morgan fingerprint density at radius 2 is 2.39 bits per heavy atom. The maximum atomic E-state index is 10.9. The summed E-state index contributed by atoms with van der Waals surface area (Å²) in [6, 6.07) is 0.815. The van der Waals surface area contributed by atoms with Crippen LogP contribution in [0, 0.1) is 0 Å². The molecule has 0 spiro atoms. The number of carboxylic acids is 1. The van der Waals surface area contributed by atoms with Gasteiger partial charge in [-0.15, -0.1) is 0 Å². The molecule has 0 fully saturated rings. The SMILES string of the molecule is CCOc1nc(Cl)cc2nn(C(C)C(=O)O)cc12. The van der Waals surface area contributed by atoms with E-state index in [1.807, 2.05) is 6.92 Å². The Kier molecular flexibility index (Phi) is 3.38. The molecular weight excluding hydrogens is 258 g/mol. The summed E-state index contributed by atoms with van der Waals surface area (Å²) in [5.41, 5.74) is 0.562. The summed E-state index contributed by atoms with van der Waals surface area (Å²) < 4.78 is 6.71. The number of hydrogen-bond donors (Lipinski definition) is 1. The van der Waals surface area contributed by atoms with Crippen molar-refractivity contribution in [2.24, 2.45) is 0 Å². The largest absolute Gasteiger partial charge is 0.480 e. The number of ether oxygens (including phenoxy) is 1. The molecule has 2 aromatic heterocycles. The number of nitrogens with zero attached hydrogens (tertiary/aromatic N) is 3. The molecule has 7 heteroatoms. The first kappa shape index (κ1) is 12.6. The lowest BCUT2D eigenvalue weighted by molar-refractivity contribution is -0.140.